The maximum absolute atomic E-state index is 11.8. The summed E-state index contributed by atoms with van der Waals surface area (Å²) in [5.74, 6) is -0.122. The molecule has 2 heterocycles. The highest BCUT2D eigenvalue weighted by Crippen LogP contribution is 2.09. The Morgan fingerprint density at radius 3 is 2.88 bits per heavy atom. The number of hydrogen-bond acceptors (Lipinski definition) is 4. The van der Waals surface area contributed by atoms with Gasteiger partial charge in [-0.3, -0.25) is 4.79 Å². The average Bonchev–Trinajstić information content (AvgIpc) is 3.23. The second kappa shape index (κ2) is 7.70. The summed E-state index contributed by atoms with van der Waals surface area (Å²) >= 11 is 1.57. The van der Waals surface area contributed by atoms with Gasteiger partial charge in [0, 0.05) is 30.6 Å². The Morgan fingerprint density at radius 2 is 2.12 bits per heavy atom. The Balaban J connectivity index is 1.47. The number of para-hydroxylation sites is 1. The quantitative estimate of drug-likeness (QED) is 0.703. The SMILES string of the molecule is Cc1nc(/C=C/C(=O)NCCc2ccn(-c3ccccc3)n2)cs1. The van der Waals surface area contributed by atoms with Crippen LogP contribution in [0.25, 0.3) is 11.8 Å². The van der Waals surface area contributed by atoms with Gasteiger partial charge in [-0.15, -0.1) is 11.3 Å². The van der Waals surface area contributed by atoms with Gasteiger partial charge in [0.15, 0.2) is 0 Å². The van der Waals surface area contributed by atoms with Gasteiger partial charge >= 0.3 is 0 Å². The standard InChI is InChI=1S/C18H18N4OS/c1-14-20-16(13-24-14)7-8-18(23)19-11-9-15-10-12-22(21-15)17-5-3-2-4-6-17/h2-8,10,12-13H,9,11H2,1H3,(H,19,23)/b8-7+. The lowest BCUT2D eigenvalue weighted by Crippen LogP contribution is -2.23. The summed E-state index contributed by atoms with van der Waals surface area (Å²) in [4.78, 5) is 16.1. The third-order valence-corrected chi connectivity index (χ3v) is 4.18. The molecule has 0 atom stereocenters. The van der Waals surface area contributed by atoms with Crippen LogP contribution < -0.4 is 5.32 Å². The van der Waals surface area contributed by atoms with E-state index in [1.165, 1.54) is 6.08 Å². The first kappa shape index (κ1) is 16.1. The largest absolute Gasteiger partial charge is 0.352 e. The first-order valence-electron chi connectivity index (χ1n) is 7.69. The summed E-state index contributed by atoms with van der Waals surface area (Å²) in [7, 11) is 0. The topological polar surface area (TPSA) is 59.8 Å². The van der Waals surface area contributed by atoms with Gasteiger partial charge in [0.1, 0.15) is 0 Å². The van der Waals surface area contributed by atoms with Gasteiger partial charge in [-0.05, 0) is 31.2 Å². The molecule has 6 heteroatoms. The normalized spacial score (nSPS) is 11.0. The fourth-order valence-electron chi connectivity index (χ4n) is 2.21. The maximum Gasteiger partial charge on any atom is 0.244 e. The molecule has 1 N–H and O–H groups in total. The molecule has 0 radical (unpaired) electrons. The molecule has 0 aliphatic heterocycles. The summed E-state index contributed by atoms with van der Waals surface area (Å²) < 4.78 is 1.83. The monoisotopic (exact) mass is 338 g/mol. The van der Waals surface area contributed by atoms with E-state index in [0.29, 0.717) is 13.0 Å². The molecule has 1 aromatic carbocycles. The van der Waals surface area contributed by atoms with E-state index in [1.807, 2.05) is 59.6 Å². The summed E-state index contributed by atoms with van der Waals surface area (Å²) in [5, 5.41) is 10.3. The molecule has 3 aromatic rings. The highest BCUT2D eigenvalue weighted by atomic mass is 32.1. The van der Waals surface area contributed by atoms with Crippen molar-refractivity contribution < 1.29 is 4.79 Å². The zero-order valence-electron chi connectivity index (χ0n) is 13.3. The Labute approximate surface area is 144 Å². The predicted molar refractivity (Wildman–Crippen MR) is 96.2 cm³/mol. The molecule has 0 spiro atoms. The van der Waals surface area contributed by atoms with Crippen LogP contribution in [-0.4, -0.2) is 27.2 Å². The van der Waals surface area contributed by atoms with E-state index in [1.54, 1.807) is 17.4 Å². The zero-order valence-corrected chi connectivity index (χ0v) is 14.2. The third kappa shape index (κ3) is 4.39. The van der Waals surface area contributed by atoms with Gasteiger partial charge in [-0.1, -0.05) is 18.2 Å². The van der Waals surface area contributed by atoms with E-state index in [0.717, 1.165) is 22.1 Å². The molecule has 1 amide bonds. The van der Waals surface area contributed by atoms with Crippen molar-refractivity contribution in [2.75, 3.05) is 6.54 Å². The molecule has 0 bridgehead atoms. The van der Waals surface area contributed by atoms with E-state index in [-0.39, 0.29) is 5.91 Å². The second-order valence-electron chi connectivity index (χ2n) is 5.25. The highest BCUT2D eigenvalue weighted by Gasteiger charge is 2.02. The summed E-state index contributed by atoms with van der Waals surface area (Å²) in [5.41, 5.74) is 2.78. The van der Waals surface area contributed by atoms with Gasteiger partial charge in [-0.25, -0.2) is 9.67 Å². The molecule has 3 rings (SSSR count). The van der Waals surface area contributed by atoms with Crippen LogP contribution in [0.1, 0.15) is 16.4 Å². The van der Waals surface area contributed by atoms with Crippen LogP contribution in [0.3, 0.4) is 0 Å². The third-order valence-electron chi connectivity index (χ3n) is 3.39. The molecule has 0 fully saturated rings. The fourth-order valence-corrected chi connectivity index (χ4v) is 2.79. The van der Waals surface area contributed by atoms with Crippen LogP contribution >= 0.6 is 11.3 Å². The van der Waals surface area contributed by atoms with Crippen LogP contribution in [0, 0.1) is 6.92 Å². The molecular weight excluding hydrogens is 320 g/mol. The van der Waals surface area contributed by atoms with Crippen molar-refractivity contribution in [3.63, 3.8) is 0 Å². The minimum absolute atomic E-state index is 0.122. The Kier molecular flexibility index (Phi) is 5.18. The molecule has 0 aliphatic carbocycles. The lowest BCUT2D eigenvalue weighted by molar-refractivity contribution is -0.116. The van der Waals surface area contributed by atoms with Crippen molar-refractivity contribution in [2.45, 2.75) is 13.3 Å². The van der Waals surface area contributed by atoms with Crippen molar-refractivity contribution >= 4 is 23.3 Å². The molecule has 5 nitrogen and oxygen atoms in total. The maximum atomic E-state index is 11.8. The van der Waals surface area contributed by atoms with Crippen molar-refractivity contribution in [3.05, 3.63) is 70.4 Å². The molecule has 0 saturated carbocycles. The number of nitrogens with zero attached hydrogens (tertiary/aromatic N) is 3. The Morgan fingerprint density at radius 1 is 1.29 bits per heavy atom. The van der Waals surface area contributed by atoms with Crippen LogP contribution in [-0.2, 0) is 11.2 Å². The van der Waals surface area contributed by atoms with Crippen molar-refractivity contribution in [2.24, 2.45) is 0 Å². The molecule has 0 saturated heterocycles. The van der Waals surface area contributed by atoms with Crippen LogP contribution in [0.15, 0.2) is 54.1 Å². The smallest absolute Gasteiger partial charge is 0.244 e. The molecule has 2 aromatic heterocycles. The number of amides is 1. The Hall–Kier alpha value is -2.73. The number of aryl methyl sites for hydroxylation is 1. The van der Waals surface area contributed by atoms with Gasteiger partial charge in [0.25, 0.3) is 0 Å². The van der Waals surface area contributed by atoms with E-state index < -0.39 is 0 Å². The van der Waals surface area contributed by atoms with E-state index in [4.69, 9.17) is 0 Å². The number of rotatable bonds is 6. The molecular formula is C18H18N4OS. The molecule has 0 aliphatic rings. The number of nitrogens with one attached hydrogen (secondary N) is 1. The molecule has 24 heavy (non-hydrogen) atoms. The number of benzene rings is 1. The summed E-state index contributed by atoms with van der Waals surface area (Å²) in [6.45, 7) is 2.49. The van der Waals surface area contributed by atoms with E-state index in [2.05, 4.69) is 15.4 Å². The van der Waals surface area contributed by atoms with E-state index in [9.17, 15) is 4.79 Å². The van der Waals surface area contributed by atoms with Crippen LogP contribution in [0.2, 0.25) is 0 Å². The molecule has 0 unspecified atom stereocenters. The summed E-state index contributed by atoms with van der Waals surface area (Å²) in [6.07, 6.45) is 5.85. The number of thiazole rings is 1. The van der Waals surface area contributed by atoms with Crippen LogP contribution in [0.5, 0.6) is 0 Å². The summed E-state index contributed by atoms with van der Waals surface area (Å²) in [6, 6.07) is 11.9. The number of hydrogen-bond donors (Lipinski definition) is 1. The van der Waals surface area contributed by atoms with Gasteiger partial charge in [0.2, 0.25) is 5.91 Å². The molecule has 122 valence electrons. The van der Waals surface area contributed by atoms with Crippen molar-refractivity contribution in [3.8, 4) is 5.69 Å². The minimum Gasteiger partial charge on any atom is -0.352 e. The zero-order chi connectivity index (χ0) is 16.8. The van der Waals surface area contributed by atoms with Crippen LogP contribution in [0.4, 0.5) is 0 Å². The second-order valence-corrected chi connectivity index (χ2v) is 6.32. The van der Waals surface area contributed by atoms with E-state index >= 15 is 0 Å². The number of aromatic nitrogens is 3. The van der Waals surface area contributed by atoms with Gasteiger partial charge in [-0.2, -0.15) is 5.10 Å². The number of carbonyl (C=O) groups excluding carboxylic acids is 1. The first-order valence-corrected chi connectivity index (χ1v) is 8.57. The van der Waals surface area contributed by atoms with Gasteiger partial charge < -0.3 is 5.32 Å². The lowest BCUT2D eigenvalue weighted by atomic mass is 10.3. The number of carbonyl (C=O) groups is 1. The van der Waals surface area contributed by atoms with Crippen molar-refractivity contribution in [1.29, 1.82) is 0 Å². The highest BCUT2D eigenvalue weighted by molar-refractivity contribution is 7.09. The first-order chi connectivity index (χ1) is 11.7. The van der Waals surface area contributed by atoms with Gasteiger partial charge in [0.05, 0.1) is 22.1 Å². The fraction of sp³-hybridized carbons (Fsp3) is 0.167. The van der Waals surface area contributed by atoms with Crippen molar-refractivity contribution in [1.82, 2.24) is 20.1 Å². The minimum atomic E-state index is -0.122. The lowest BCUT2D eigenvalue weighted by Gasteiger charge is -2.01. The Bertz CT molecular complexity index is 836. The predicted octanol–water partition coefficient (Wildman–Crippen LogP) is 3.01. The average molecular weight is 338 g/mol.